The highest BCUT2D eigenvalue weighted by Gasteiger charge is 2.25. The first kappa shape index (κ1) is 34.3. The standard InChI is InChI=1S/C15H22BrNO4.C10H12BrNO2.ClH/c1-15(2,3)21-14(19)17-12(13(18)20-4)9-10-6-5-7-11(16)8-10;1-14-10(13)9(12)6-7-3-2-4-8(11)5-7;/h5-8,12-13,18H,9H2,1-4H3,(H,17,19);2-5,9H,6,12H2,1H3;1H. The minimum atomic E-state index is -1.11. The quantitative estimate of drug-likeness (QED) is 0.277. The van der Waals surface area contributed by atoms with Crippen LogP contribution in [-0.4, -0.2) is 55.4 Å². The molecule has 36 heavy (non-hydrogen) atoms. The highest BCUT2D eigenvalue weighted by molar-refractivity contribution is 9.10. The van der Waals surface area contributed by atoms with Crippen molar-refractivity contribution in [3.8, 4) is 0 Å². The molecule has 1 amide bonds. The van der Waals surface area contributed by atoms with E-state index < -0.39 is 30.1 Å². The second-order valence-electron chi connectivity index (χ2n) is 8.68. The van der Waals surface area contributed by atoms with Gasteiger partial charge in [0, 0.05) is 16.1 Å². The zero-order valence-electron chi connectivity index (χ0n) is 21.0. The van der Waals surface area contributed by atoms with Crippen LogP contribution >= 0.6 is 44.3 Å². The van der Waals surface area contributed by atoms with Crippen molar-refractivity contribution in [2.45, 2.75) is 57.6 Å². The predicted molar refractivity (Wildman–Crippen MR) is 149 cm³/mol. The molecule has 3 atom stereocenters. The lowest BCUT2D eigenvalue weighted by atomic mass is 10.1. The summed E-state index contributed by atoms with van der Waals surface area (Å²) in [5.41, 5.74) is 7.00. The molecule has 0 spiro atoms. The van der Waals surface area contributed by atoms with E-state index in [1.807, 2.05) is 48.5 Å². The number of nitrogens with two attached hydrogens (primary N) is 1. The van der Waals surface area contributed by atoms with E-state index in [4.69, 9.17) is 15.2 Å². The first-order chi connectivity index (χ1) is 16.3. The number of esters is 1. The molecule has 0 heterocycles. The Labute approximate surface area is 235 Å². The van der Waals surface area contributed by atoms with Crippen molar-refractivity contribution in [1.82, 2.24) is 5.32 Å². The van der Waals surface area contributed by atoms with E-state index in [1.54, 1.807) is 20.8 Å². The Bertz CT molecular complexity index is 958. The number of aliphatic hydroxyl groups is 1. The highest BCUT2D eigenvalue weighted by Crippen LogP contribution is 2.15. The molecular weight excluding hydrogens is 620 g/mol. The van der Waals surface area contributed by atoms with Gasteiger partial charge in [0.1, 0.15) is 11.6 Å². The van der Waals surface area contributed by atoms with Crippen LogP contribution in [0.4, 0.5) is 4.79 Å². The molecule has 0 fully saturated rings. The molecule has 3 unspecified atom stereocenters. The number of carbonyl (C=O) groups excluding carboxylic acids is 2. The average molecular weight is 655 g/mol. The minimum Gasteiger partial charge on any atom is -0.468 e. The molecule has 2 rings (SSSR count). The second kappa shape index (κ2) is 16.9. The van der Waals surface area contributed by atoms with Gasteiger partial charge in [-0.1, -0.05) is 56.1 Å². The summed E-state index contributed by atoms with van der Waals surface area (Å²) in [7, 11) is 2.72. The zero-order valence-corrected chi connectivity index (χ0v) is 25.0. The molecule has 0 aliphatic heterocycles. The van der Waals surface area contributed by atoms with Crippen LogP contribution in [-0.2, 0) is 31.8 Å². The molecule has 0 saturated heterocycles. The normalized spacial score (nSPS) is 13.1. The van der Waals surface area contributed by atoms with Crippen molar-refractivity contribution in [1.29, 1.82) is 0 Å². The smallest absolute Gasteiger partial charge is 0.408 e. The topological polar surface area (TPSA) is 120 Å². The monoisotopic (exact) mass is 652 g/mol. The number of methoxy groups -OCH3 is 2. The number of aliphatic hydroxyl groups excluding tert-OH is 1. The first-order valence-electron chi connectivity index (χ1n) is 10.9. The van der Waals surface area contributed by atoms with E-state index in [0.717, 1.165) is 20.1 Å². The van der Waals surface area contributed by atoms with Crippen molar-refractivity contribution >= 4 is 56.3 Å². The Morgan fingerprint density at radius 1 is 1.00 bits per heavy atom. The number of halogens is 3. The highest BCUT2D eigenvalue weighted by atomic mass is 79.9. The van der Waals surface area contributed by atoms with Crippen LogP contribution in [0.25, 0.3) is 0 Å². The molecule has 0 aliphatic carbocycles. The third-order valence-electron chi connectivity index (χ3n) is 4.48. The maximum atomic E-state index is 11.8. The van der Waals surface area contributed by atoms with Gasteiger partial charge in [0.05, 0.1) is 13.2 Å². The van der Waals surface area contributed by atoms with Crippen molar-refractivity contribution in [2.75, 3.05) is 14.2 Å². The van der Waals surface area contributed by atoms with Crippen LogP contribution in [0.1, 0.15) is 31.9 Å². The fourth-order valence-electron chi connectivity index (χ4n) is 2.92. The van der Waals surface area contributed by atoms with Gasteiger partial charge in [-0.15, -0.1) is 12.4 Å². The molecule has 0 aliphatic rings. The number of benzene rings is 2. The number of nitrogens with one attached hydrogen (secondary N) is 1. The minimum absolute atomic E-state index is 0. The van der Waals surface area contributed by atoms with Gasteiger partial charge in [-0.05, 0) is 69.0 Å². The van der Waals surface area contributed by atoms with Gasteiger partial charge in [0.2, 0.25) is 0 Å². The molecule has 11 heteroatoms. The number of ether oxygens (including phenoxy) is 3. The Morgan fingerprint density at radius 2 is 1.50 bits per heavy atom. The number of hydrogen-bond acceptors (Lipinski definition) is 7. The largest absolute Gasteiger partial charge is 0.468 e. The molecule has 8 nitrogen and oxygen atoms in total. The summed E-state index contributed by atoms with van der Waals surface area (Å²) in [4.78, 5) is 22.9. The lowest BCUT2D eigenvalue weighted by Gasteiger charge is -2.26. The summed E-state index contributed by atoms with van der Waals surface area (Å²) in [5.74, 6) is -0.384. The molecule has 0 saturated carbocycles. The lowest BCUT2D eigenvalue weighted by molar-refractivity contribution is -0.142. The SMILES string of the molecule is COC(=O)C(N)Cc1cccc(Br)c1.COC(O)C(Cc1cccc(Br)c1)NC(=O)OC(C)(C)C.Cl. The maximum absolute atomic E-state index is 11.8. The van der Waals surface area contributed by atoms with Gasteiger partial charge < -0.3 is 30.4 Å². The van der Waals surface area contributed by atoms with E-state index in [2.05, 4.69) is 41.9 Å². The molecule has 0 radical (unpaired) electrons. The number of carbonyl (C=O) groups is 2. The summed E-state index contributed by atoms with van der Waals surface area (Å²) >= 11 is 6.74. The van der Waals surface area contributed by atoms with Gasteiger partial charge in [0.15, 0.2) is 6.29 Å². The van der Waals surface area contributed by atoms with Crippen LogP contribution in [0, 0.1) is 0 Å². The summed E-state index contributed by atoms with van der Waals surface area (Å²) in [6, 6.07) is 14.1. The van der Waals surface area contributed by atoms with E-state index >= 15 is 0 Å². The van der Waals surface area contributed by atoms with Crippen molar-refractivity contribution in [3.05, 3.63) is 68.6 Å². The number of rotatable bonds is 8. The Balaban J connectivity index is 0.000000713. The Morgan fingerprint density at radius 3 is 1.92 bits per heavy atom. The molecule has 202 valence electrons. The van der Waals surface area contributed by atoms with Crippen LogP contribution < -0.4 is 11.1 Å². The number of alkyl carbamates (subject to hydrolysis) is 1. The number of hydrogen-bond donors (Lipinski definition) is 3. The van der Waals surface area contributed by atoms with Crippen molar-refractivity contribution in [3.63, 3.8) is 0 Å². The van der Waals surface area contributed by atoms with E-state index in [0.29, 0.717) is 12.8 Å². The number of amides is 1. The van der Waals surface area contributed by atoms with Crippen LogP contribution in [0.3, 0.4) is 0 Å². The molecular formula is C25H35Br2ClN2O6. The van der Waals surface area contributed by atoms with E-state index in [9.17, 15) is 14.7 Å². The predicted octanol–water partition coefficient (Wildman–Crippen LogP) is 4.76. The Hall–Kier alpha value is -1.69. The summed E-state index contributed by atoms with van der Waals surface area (Å²) < 4.78 is 16.6. The third-order valence-corrected chi connectivity index (χ3v) is 5.47. The first-order valence-corrected chi connectivity index (χ1v) is 12.5. The van der Waals surface area contributed by atoms with Gasteiger partial charge in [-0.3, -0.25) is 4.79 Å². The van der Waals surface area contributed by atoms with Gasteiger partial charge in [-0.2, -0.15) is 0 Å². The summed E-state index contributed by atoms with van der Waals surface area (Å²) in [5, 5.41) is 12.5. The van der Waals surface area contributed by atoms with Gasteiger partial charge >= 0.3 is 12.1 Å². The lowest BCUT2D eigenvalue weighted by Crippen LogP contribution is -2.47. The second-order valence-corrected chi connectivity index (χ2v) is 10.5. The van der Waals surface area contributed by atoms with Crippen molar-refractivity contribution in [2.24, 2.45) is 5.73 Å². The zero-order chi connectivity index (χ0) is 26.6. The van der Waals surface area contributed by atoms with E-state index in [1.165, 1.54) is 14.2 Å². The summed E-state index contributed by atoms with van der Waals surface area (Å²) in [6.07, 6.45) is -0.783. The van der Waals surface area contributed by atoms with Gasteiger partial charge in [-0.25, -0.2) is 4.79 Å². The fraction of sp³-hybridized carbons (Fsp3) is 0.440. The molecule has 0 aromatic heterocycles. The molecule has 2 aromatic carbocycles. The molecule has 0 bridgehead atoms. The van der Waals surface area contributed by atoms with Gasteiger partial charge in [0.25, 0.3) is 0 Å². The fourth-order valence-corrected chi connectivity index (χ4v) is 3.81. The maximum Gasteiger partial charge on any atom is 0.408 e. The summed E-state index contributed by atoms with van der Waals surface area (Å²) in [6.45, 7) is 5.34. The van der Waals surface area contributed by atoms with Crippen LogP contribution in [0.15, 0.2) is 57.5 Å². The molecule has 2 aromatic rings. The van der Waals surface area contributed by atoms with Crippen LogP contribution in [0.2, 0.25) is 0 Å². The Kier molecular flexibility index (Phi) is 16.1. The third kappa shape index (κ3) is 14.2. The average Bonchev–Trinajstić information content (AvgIpc) is 2.76. The van der Waals surface area contributed by atoms with Crippen LogP contribution in [0.5, 0.6) is 0 Å². The van der Waals surface area contributed by atoms with Crippen molar-refractivity contribution < 1.29 is 28.9 Å². The van der Waals surface area contributed by atoms with E-state index in [-0.39, 0.29) is 18.4 Å². The molecule has 4 N–H and O–H groups in total.